The van der Waals surface area contributed by atoms with Crippen molar-refractivity contribution in [2.24, 2.45) is 0 Å². The van der Waals surface area contributed by atoms with Crippen LogP contribution in [-0.4, -0.2) is 9.76 Å². The maximum atomic E-state index is 5.38. The van der Waals surface area contributed by atoms with Gasteiger partial charge in [0.15, 0.2) is 0 Å². The topological polar surface area (TPSA) is 9.23 Å². The van der Waals surface area contributed by atoms with E-state index in [-0.39, 0.29) is 0 Å². The van der Waals surface area contributed by atoms with Crippen LogP contribution in [0.4, 0.5) is 0 Å². The standard InChI is InChI=1S/C8H10OSi/c1-2-10-9-8-6-4-3-5-7-8/h2-7H,1,10H2. The summed E-state index contributed by atoms with van der Waals surface area (Å²) in [5.74, 6) is 0.953. The molecule has 0 atom stereocenters. The van der Waals surface area contributed by atoms with Gasteiger partial charge in [0.2, 0.25) is 9.76 Å². The molecule has 0 aliphatic heterocycles. The van der Waals surface area contributed by atoms with Crippen LogP contribution in [0.3, 0.4) is 0 Å². The molecule has 10 heavy (non-hydrogen) atoms. The predicted molar refractivity (Wildman–Crippen MR) is 45.8 cm³/mol. The van der Waals surface area contributed by atoms with Crippen molar-refractivity contribution >= 4 is 9.76 Å². The van der Waals surface area contributed by atoms with Crippen LogP contribution in [0.25, 0.3) is 0 Å². The van der Waals surface area contributed by atoms with Crippen LogP contribution in [0.1, 0.15) is 0 Å². The molecule has 2 heteroatoms. The van der Waals surface area contributed by atoms with Crippen LogP contribution < -0.4 is 4.43 Å². The second kappa shape index (κ2) is 3.90. The molecule has 0 aromatic heterocycles. The molecule has 0 aliphatic carbocycles. The molecular formula is C8H10OSi. The molecule has 0 fully saturated rings. The van der Waals surface area contributed by atoms with Crippen molar-refractivity contribution in [1.82, 2.24) is 0 Å². The van der Waals surface area contributed by atoms with Gasteiger partial charge < -0.3 is 4.43 Å². The molecule has 0 aliphatic rings. The van der Waals surface area contributed by atoms with Crippen molar-refractivity contribution in [1.29, 1.82) is 0 Å². The Labute approximate surface area is 63.3 Å². The lowest BCUT2D eigenvalue weighted by Crippen LogP contribution is -1.96. The van der Waals surface area contributed by atoms with Crippen molar-refractivity contribution in [2.45, 2.75) is 0 Å². The first-order chi connectivity index (χ1) is 4.93. The predicted octanol–water partition coefficient (Wildman–Crippen LogP) is 1.29. The Morgan fingerprint density at radius 3 is 2.60 bits per heavy atom. The zero-order chi connectivity index (χ0) is 7.23. The summed E-state index contributed by atoms with van der Waals surface area (Å²) in [7, 11) is -0.513. The lowest BCUT2D eigenvalue weighted by Gasteiger charge is -2.00. The molecule has 0 radical (unpaired) electrons. The van der Waals surface area contributed by atoms with Crippen molar-refractivity contribution < 1.29 is 4.43 Å². The molecular weight excluding hydrogens is 140 g/mol. The average molecular weight is 150 g/mol. The van der Waals surface area contributed by atoms with E-state index in [1.165, 1.54) is 0 Å². The molecule has 0 N–H and O–H groups in total. The molecule has 0 saturated heterocycles. The largest absolute Gasteiger partial charge is 0.546 e. The molecule has 1 aromatic carbocycles. The maximum absolute atomic E-state index is 5.38. The van der Waals surface area contributed by atoms with Gasteiger partial charge in [0.25, 0.3) is 0 Å². The van der Waals surface area contributed by atoms with E-state index in [1.807, 2.05) is 36.0 Å². The molecule has 52 valence electrons. The molecule has 0 unspecified atom stereocenters. The number of rotatable bonds is 3. The van der Waals surface area contributed by atoms with Crippen molar-refractivity contribution in [2.75, 3.05) is 0 Å². The quantitative estimate of drug-likeness (QED) is 0.590. The van der Waals surface area contributed by atoms with Gasteiger partial charge in [-0.1, -0.05) is 23.9 Å². The summed E-state index contributed by atoms with van der Waals surface area (Å²) in [6.07, 6.45) is 0. The third-order valence-corrected chi connectivity index (χ3v) is 1.85. The number of hydrogen-bond donors (Lipinski definition) is 0. The van der Waals surface area contributed by atoms with Gasteiger partial charge in [-0.15, -0.1) is 6.58 Å². The molecule has 1 aromatic rings. The number of hydrogen-bond acceptors (Lipinski definition) is 1. The summed E-state index contributed by atoms with van der Waals surface area (Å²) < 4.78 is 5.38. The van der Waals surface area contributed by atoms with E-state index in [4.69, 9.17) is 4.43 Å². The first-order valence-corrected chi connectivity index (χ1v) is 4.61. The summed E-state index contributed by atoms with van der Waals surface area (Å²) in [5, 5.41) is 0. The monoisotopic (exact) mass is 150 g/mol. The molecule has 1 nitrogen and oxygen atoms in total. The summed E-state index contributed by atoms with van der Waals surface area (Å²) >= 11 is 0. The average Bonchev–Trinajstić information content (AvgIpc) is 2.03. The maximum Gasteiger partial charge on any atom is 0.243 e. The molecule has 0 amide bonds. The fourth-order valence-corrected chi connectivity index (χ4v) is 1.17. The Bertz CT molecular complexity index is 196. The van der Waals surface area contributed by atoms with E-state index in [1.54, 1.807) is 0 Å². The van der Waals surface area contributed by atoms with E-state index in [2.05, 4.69) is 6.58 Å². The summed E-state index contributed by atoms with van der Waals surface area (Å²) in [6, 6.07) is 9.81. The molecule has 0 spiro atoms. The van der Waals surface area contributed by atoms with Gasteiger partial charge in [-0.3, -0.25) is 0 Å². The normalized spacial score (nSPS) is 10.0. The van der Waals surface area contributed by atoms with Crippen LogP contribution in [0.2, 0.25) is 0 Å². The van der Waals surface area contributed by atoms with E-state index >= 15 is 0 Å². The molecule has 0 bridgehead atoms. The van der Waals surface area contributed by atoms with E-state index < -0.39 is 9.76 Å². The van der Waals surface area contributed by atoms with Crippen LogP contribution in [-0.2, 0) is 0 Å². The second-order valence-electron chi connectivity index (χ2n) is 1.91. The molecule has 0 heterocycles. The van der Waals surface area contributed by atoms with Gasteiger partial charge in [0.1, 0.15) is 5.75 Å². The van der Waals surface area contributed by atoms with E-state index in [9.17, 15) is 0 Å². The highest BCUT2D eigenvalue weighted by molar-refractivity contribution is 6.35. The lowest BCUT2D eigenvalue weighted by atomic mass is 10.3. The first kappa shape index (κ1) is 7.09. The van der Waals surface area contributed by atoms with Gasteiger partial charge in [0, 0.05) is 0 Å². The molecule has 0 saturated carbocycles. The van der Waals surface area contributed by atoms with E-state index in [0.717, 1.165) is 5.75 Å². The third kappa shape index (κ3) is 2.07. The number of para-hydroxylation sites is 1. The van der Waals surface area contributed by atoms with Crippen LogP contribution in [0.5, 0.6) is 5.75 Å². The first-order valence-electron chi connectivity index (χ1n) is 3.22. The minimum Gasteiger partial charge on any atom is -0.546 e. The Balaban J connectivity index is 2.50. The highest BCUT2D eigenvalue weighted by Crippen LogP contribution is 2.06. The van der Waals surface area contributed by atoms with Crippen LogP contribution in [0.15, 0.2) is 42.6 Å². The van der Waals surface area contributed by atoms with Gasteiger partial charge in [-0.05, 0) is 12.1 Å². The molecule has 1 rings (SSSR count). The third-order valence-electron chi connectivity index (χ3n) is 1.11. The van der Waals surface area contributed by atoms with Gasteiger partial charge >= 0.3 is 0 Å². The fraction of sp³-hybridized carbons (Fsp3) is 0. The Morgan fingerprint density at radius 2 is 2.00 bits per heavy atom. The van der Waals surface area contributed by atoms with Crippen molar-refractivity contribution in [3.8, 4) is 5.75 Å². The smallest absolute Gasteiger partial charge is 0.243 e. The Kier molecular flexibility index (Phi) is 2.77. The summed E-state index contributed by atoms with van der Waals surface area (Å²) in [5.41, 5.74) is 1.87. The van der Waals surface area contributed by atoms with Crippen LogP contribution in [0, 0.1) is 0 Å². The van der Waals surface area contributed by atoms with Gasteiger partial charge in [-0.25, -0.2) is 0 Å². The zero-order valence-electron chi connectivity index (χ0n) is 5.79. The van der Waals surface area contributed by atoms with Gasteiger partial charge in [0.05, 0.1) is 0 Å². The SMILES string of the molecule is C=C[SiH2]Oc1ccccc1. The lowest BCUT2D eigenvalue weighted by molar-refractivity contribution is 0.604. The summed E-state index contributed by atoms with van der Waals surface area (Å²) in [6.45, 7) is 3.61. The Hall–Kier alpha value is -1.02. The minimum atomic E-state index is -0.513. The highest BCUT2D eigenvalue weighted by atomic mass is 28.2. The fourth-order valence-electron chi connectivity index (χ4n) is 0.672. The zero-order valence-corrected chi connectivity index (χ0v) is 7.20. The Morgan fingerprint density at radius 1 is 1.30 bits per heavy atom. The van der Waals surface area contributed by atoms with E-state index in [0.29, 0.717) is 0 Å². The highest BCUT2D eigenvalue weighted by Gasteiger charge is 1.85. The van der Waals surface area contributed by atoms with Crippen molar-refractivity contribution in [3.05, 3.63) is 42.6 Å². The van der Waals surface area contributed by atoms with Crippen molar-refractivity contribution in [3.63, 3.8) is 0 Å². The summed E-state index contributed by atoms with van der Waals surface area (Å²) in [4.78, 5) is 0. The van der Waals surface area contributed by atoms with Gasteiger partial charge in [-0.2, -0.15) is 0 Å². The minimum absolute atomic E-state index is 0.513. The second-order valence-corrected chi connectivity index (χ2v) is 3.11. The van der Waals surface area contributed by atoms with Crippen LogP contribution >= 0.6 is 0 Å². The number of benzene rings is 1.